The Kier molecular flexibility index (Phi) is 6.36. The van der Waals surface area contributed by atoms with Gasteiger partial charge in [-0.1, -0.05) is 25.1 Å². The number of carbonyl (C=O) groups excluding carboxylic acids is 1. The van der Waals surface area contributed by atoms with Gasteiger partial charge in [0.05, 0.1) is 18.3 Å². The fraction of sp³-hybridized carbons (Fsp3) is 0.429. The molecule has 0 saturated heterocycles. The number of benzene rings is 1. The summed E-state index contributed by atoms with van der Waals surface area (Å²) in [5.41, 5.74) is 2.76. The predicted octanol–water partition coefficient (Wildman–Crippen LogP) is 2.76. The summed E-state index contributed by atoms with van der Waals surface area (Å²) in [5, 5.41) is 2.96. The molecule has 1 N–H and O–H groups in total. The second kappa shape index (κ2) is 8.93. The summed E-state index contributed by atoms with van der Waals surface area (Å²) in [6.45, 7) is 4.30. The Labute approximate surface area is 165 Å². The molecule has 0 spiro atoms. The second-order valence-corrected chi connectivity index (χ2v) is 7.07. The van der Waals surface area contributed by atoms with Crippen molar-refractivity contribution in [2.75, 3.05) is 37.5 Å². The molecule has 3 rings (SSSR count). The summed E-state index contributed by atoms with van der Waals surface area (Å²) in [4.78, 5) is 29.2. The number of nitrogens with one attached hydrogen (secondary N) is 1. The Morgan fingerprint density at radius 3 is 2.79 bits per heavy atom. The second-order valence-electron chi connectivity index (χ2n) is 7.07. The Bertz CT molecular complexity index is 880. The third kappa shape index (κ3) is 4.36. The van der Waals surface area contributed by atoms with Crippen LogP contribution < -0.4 is 15.8 Å². The van der Waals surface area contributed by atoms with Crippen molar-refractivity contribution in [1.29, 1.82) is 0 Å². The van der Waals surface area contributed by atoms with Gasteiger partial charge < -0.3 is 24.4 Å². The molecule has 1 aliphatic heterocycles. The van der Waals surface area contributed by atoms with E-state index in [1.807, 2.05) is 17.0 Å². The first-order valence-electron chi connectivity index (χ1n) is 9.59. The van der Waals surface area contributed by atoms with Gasteiger partial charge in [-0.05, 0) is 24.1 Å². The van der Waals surface area contributed by atoms with Crippen molar-refractivity contribution >= 4 is 17.4 Å². The van der Waals surface area contributed by atoms with E-state index in [1.165, 1.54) is 6.07 Å². The predicted molar refractivity (Wildman–Crippen MR) is 111 cm³/mol. The highest BCUT2D eigenvalue weighted by Crippen LogP contribution is 2.27. The monoisotopic (exact) mass is 384 g/mol. The number of pyridine rings is 1. The lowest BCUT2D eigenvalue weighted by Gasteiger charge is -2.30. The fourth-order valence-electron chi connectivity index (χ4n) is 3.59. The van der Waals surface area contributed by atoms with Crippen molar-refractivity contribution in [3.8, 4) is 0 Å². The number of anilines is 2. The molecule has 2 heterocycles. The number of likely N-dealkylation sites (N-methyl/N-ethyl adjacent to an activating group) is 1. The largest absolute Gasteiger partial charge is 0.383 e. The standard InChI is InChI=1S/C21H28N4O3/c1-4-18-15-23(2)19-8-6-5-7-16(19)13-25(18)21(27)22-17-9-10-20(26)24(14-17)11-12-28-3/h5-10,14,18H,4,11-13,15H2,1-3H3,(H,22,27). The molecule has 2 aromatic rings. The average Bonchev–Trinajstić information content (AvgIpc) is 2.85. The van der Waals surface area contributed by atoms with Crippen molar-refractivity contribution in [3.63, 3.8) is 0 Å². The first-order valence-corrected chi connectivity index (χ1v) is 9.59. The molecule has 1 unspecified atom stereocenters. The van der Waals surface area contributed by atoms with Gasteiger partial charge in [0.2, 0.25) is 0 Å². The van der Waals surface area contributed by atoms with Crippen molar-refractivity contribution in [2.24, 2.45) is 0 Å². The topological polar surface area (TPSA) is 66.8 Å². The van der Waals surface area contributed by atoms with Gasteiger partial charge in [0.15, 0.2) is 0 Å². The van der Waals surface area contributed by atoms with Crippen molar-refractivity contribution in [3.05, 3.63) is 58.5 Å². The third-order valence-electron chi connectivity index (χ3n) is 5.17. The summed E-state index contributed by atoms with van der Waals surface area (Å²) in [6.07, 6.45) is 2.52. The van der Waals surface area contributed by atoms with Crippen molar-refractivity contribution < 1.29 is 9.53 Å². The minimum absolute atomic E-state index is 0.0943. The summed E-state index contributed by atoms with van der Waals surface area (Å²) in [7, 11) is 3.66. The molecule has 28 heavy (non-hydrogen) atoms. The highest BCUT2D eigenvalue weighted by molar-refractivity contribution is 5.89. The number of fused-ring (bicyclic) bond motifs is 1. The molecule has 7 nitrogen and oxygen atoms in total. The van der Waals surface area contributed by atoms with Crippen LogP contribution in [-0.4, -0.2) is 48.8 Å². The molecule has 7 heteroatoms. The molecular weight excluding hydrogens is 356 g/mol. The van der Waals surface area contributed by atoms with E-state index in [2.05, 4.69) is 36.3 Å². The van der Waals surface area contributed by atoms with E-state index in [-0.39, 0.29) is 17.6 Å². The number of nitrogens with zero attached hydrogens (tertiary/aromatic N) is 3. The Morgan fingerprint density at radius 1 is 1.25 bits per heavy atom. The van der Waals surface area contributed by atoms with Gasteiger partial charge in [-0.15, -0.1) is 0 Å². The molecule has 2 amide bonds. The molecule has 0 radical (unpaired) electrons. The van der Waals surface area contributed by atoms with Gasteiger partial charge in [0.25, 0.3) is 5.56 Å². The molecule has 1 atom stereocenters. The first-order chi connectivity index (χ1) is 13.5. The average molecular weight is 384 g/mol. The Balaban J connectivity index is 1.82. The lowest BCUT2D eigenvalue weighted by Crippen LogP contribution is -2.45. The summed E-state index contributed by atoms with van der Waals surface area (Å²) in [5.74, 6) is 0. The molecule has 1 aliphatic rings. The first kappa shape index (κ1) is 19.9. The van der Waals surface area contributed by atoms with Gasteiger partial charge in [-0.3, -0.25) is 4.79 Å². The number of hydrogen-bond acceptors (Lipinski definition) is 4. The van der Waals surface area contributed by atoms with Crippen LogP contribution in [0.2, 0.25) is 0 Å². The van der Waals surface area contributed by atoms with Crippen molar-refractivity contribution in [1.82, 2.24) is 9.47 Å². The van der Waals surface area contributed by atoms with Crippen LogP contribution in [0.3, 0.4) is 0 Å². The molecule has 150 valence electrons. The Hall–Kier alpha value is -2.80. The van der Waals surface area contributed by atoms with Crippen molar-refractivity contribution in [2.45, 2.75) is 32.5 Å². The maximum absolute atomic E-state index is 13.1. The third-order valence-corrected chi connectivity index (χ3v) is 5.17. The maximum Gasteiger partial charge on any atom is 0.322 e. The fourth-order valence-corrected chi connectivity index (χ4v) is 3.59. The van der Waals surface area contributed by atoms with E-state index in [4.69, 9.17) is 4.74 Å². The number of methoxy groups -OCH3 is 1. The van der Waals surface area contributed by atoms with E-state index in [0.29, 0.717) is 25.4 Å². The highest BCUT2D eigenvalue weighted by Gasteiger charge is 2.28. The highest BCUT2D eigenvalue weighted by atomic mass is 16.5. The van der Waals surface area contributed by atoms with Gasteiger partial charge in [0, 0.05) is 51.7 Å². The van der Waals surface area contributed by atoms with Crippen LogP contribution in [0.5, 0.6) is 0 Å². The van der Waals surface area contributed by atoms with Crippen LogP contribution >= 0.6 is 0 Å². The number of ether oxygens (including phenoxy) is 1. The molecule has 1 aromatic heterocycles. The number of rotatable bonds is 5. The van der Waals surface area contributed by atoms with Crippen LogP contribution in [0.25, 0.3) is 0 Å². The Morgan fingerprint density at radius 2 is 2.04 bits per heavy atom. The zero-order valence-electron chi connectivity index (χ0n) is 16.7. The zero-order chi connectivity index (χ0) is 20.1. The lowest BCUT2D eigenvalue weighted by atomic mass is 10.1. The molecule has 0 fully saturated rings. The normalized spacial score (nSPS) is 16.5. The summed E-state index contributed by atoms with van der Waals surface area (Å²) < 4.78 is 6.59. The van der Waals surface area contributed by atoms with Gasteiger partial charge >= 0.3 is 6.03 Å². The number of urea groups is 1. The molecule has 0 saturated carbocycles. The number of carbonyl (C=O) groups is 1. The molecule has 0 aliphatic carbocycles. The van der Waals surface area contributed by atoms with E-state index in [1.54, 1.807) is 23.9 Å². The zero-order valence-corrected chi connectivity index (χ0v) is 16.7. The number of hydrogen-bond donors (Lipinski definition) is 1. The van der Waals surface area contributed by atoms with Crippen LogP contribution in [0.15, 0.2) is 47.4 Å². The van der Waals surface area contributed by atoms with Gasteiger partial charge in [-0.2, -0.15) is 0 Å². The van der Waals surface area contributed by atoms with Crippen LogP contribution in [0, 0.1) is 0 Å². The molecular formula is C21H28N4O3. The van der Waals surface area contributed by atoms with Crippen LogP contribution in [0.4, 0.5) is 16.2 Å². The maximum atomic E-state index is 13.1. The summed E-state index contributed by atoms with van der Waals surface area (Å²) in [6, 6.07) is 11.2. The van der Waals surface area contributed by atoms with Crippen LogP contribution in [-0.2, 0) is 17.8 Å². The molecule has 0 bridgehead atoms. The quantitative estimate of drug-likeness (QED) is 0.861. The summed E-state index contributed by atoms with van der Waals surface area (Å²) >= 11 is 0. The smallest absolute Gasteiger partial charge is 0.322 e. The van der Waals surface area contributed by atoms with Gasteiger partial charge in [-0.25, -0.2) is 4.79 Å². The van der Waals surface area contributed by atoms with Crippen LogP contribution in [0.1, 0.15) is 18.9 Å². The number of aromatic nitrogens is 1. The molecule has 1 aromatic carbocycles. The minimum Gasteiger partial charge on any atom is -0.383 e. The van der Waals surface area contributed by atoms with Gasteiger partial charge in [0.1, 0.15) is 0 Å². The van der Waals surface area contributed by atoms with E-state index in [0.717, 1.165) is 24.2 Å². The van der Waals surface area contributed by atoms with E-state index in [9.17, 15) is 9.59 Å². The lowest BCUT2D eigenvalue weighted by molar-refractivity contribution is 0.185. The van der Waals surface area contributed by atoms with E-state index < -0.39 is 0 Å². The SMILES string of the molecule is CCC1CN(C)c2ccccc2CN1C(=O)Nc1ccc(=O)n(CCOC)c1. The number of para-hydroxylation sites is 1. The minimum atomic E-state index is -0.158. The van der Waals surface area contributed by atoms with E-state index >= 15 is 0 Å². The number of amides is 2.